The van der Waals surface area contributed by atoms with Gasteiger partial charge >= 0.3 is 6.09 Å². The highest BCUT2D eigenvalue weighted by Crippen LogP contribution is 2.25. The summed E-state index contributed by atoms with van der Waals surface area (Å²) in [6.07, 6.45) is 4.93. The maximum absolute atomic E-state index is 12.5. The van der Waals surface area contributed by atoms with Gasteiger partial charge in [0.25, 0.3) is 0 Å². The molecule has 5 nitrogen and oxygen atoms in total. The third-order valence-electron chi connectivity index (χ3n) is 4.22. The Labute approximate surface area is 143 Å². The highest BCUT2D eigenvalue weighted by Gasteiger charge is 2.32. The number of nitrogens with zero attached hydrogens (tertiary/aromatic N) is 3. The van der Waals surface area contributed by atoms with E-state index in [-0.39, 0.29) is 18.2 Å². The van der Waals surface area contributed by atoms with Crippen LogP contribution in [0.3, 0.4) is 0 Å². The van der Waals surface area contributed by atoms with Gasteiger partial charge in [-0.3, -0.25) is 4.90 Å². The van der Waals surface area contributed by atoms with Crippen molar-refractivity contribution in [2.24, 2.45) is 0 Å². The van der Waals surface area contributed by atoms with E-state index in [4.69, 9.17) is 4.74 Å². The van der Waals surface area contributed by atoms with Crippen LogP contribution < -0.4 is 0 Å². The predicted octanol–water partition coefficient (Wildman–Crippen LogP) is 3.93. The fraction of sp³-hybridized carbons (Fsp3) is 0.765. The van der Waals surface area contributed by atoms with Crippen molar-refractivity contribution in [3.8, 4) is 0 Å². The van der Waals surface area contributed by atoms with Crippen LogP contribution in [0, 0.1) is 0 Å². The average Bonchev–Trinajstić information content (AvgIpc) is 2.99. The molecule has 0 spiro atoms. The number of thiazole rings is 1. The Hall–Kier alpha value is -1.14. The fourth-order valence-corrected chi connectivity index (χ4v) is 3.63. The molecule has 6 heteroatoms. The average molecular weight is 340 g/mol. The zero-order chi connectivity index (χ0) is 17.0. The number of ether oxygens (including phenoxy) is 1. The summed E-state index contributed by atoms with van der Waals surface area (Å²) < 4.78 is 5.58. The Morgan fingerprint density at radius 2 is 2.26 bits per heavy atom. The summed E-state index contributed by atoms with van der Waals surface area (Å²) in [5.74, 6) is 0. The summed E-state index contributed by atoms with van der Waals surface area (Å²) in [7, 11) is 2.11. The number of hydrogen-bond acceptors (Lipinski definition) is 5. The van der Waals surface area contributed by atoms with Gasteiger partial charge < -0.3 is 9.64 Å². The van der Waals surface area contributed by atoms with Crippen molar-refractivity contribution in [2.45, 2.75) is 64.6 Å². The molecule has 1 fully saturated rings. The number of amides is 1. The van der Waals surface area contributed by atoms with Crippen LogP contribution in [0.2, 0.25) is 0 Å². The molecule has 2 rings (SSSR count). The van der Waals surface area contributed by atoms with Gasteiger partial charge in [0.05, 0.1) is 6.04 Å². The van der Waals surface area contributed by atoms with Gasteiger partial charge in [0.1, 0.15) is 10.6 Å². The Morgan fingerprint density at radius 3 is 2.87 bits per heavy atom. The molecule has 1 amide bonds. The summed E-state index contributed by atoms with van der Waals surface area (Å²) in [6, 6.07) is 0.475. The quantitative estimate of drug-likeness (QED) is 0.834. The summed E-state index contributed by atoms with van der Waals surface area (Å²) in [4.78, 5) is 21.1. The highest BCUT2D eigenvalue weighted by atomic mass is 32.1. The molecule has 2 atom stereocenters. The number of carbonyl (C=O) groups is 1. The van der Waals surface area contributed by atoms with Gasteiger partial charge in [-0.2, -0.15) is 0 Å². The van der Waals surface area contributed by atoms with Gasteiger partial charge in [0, 0.05) is 30.7 Å². The van der Waals surface area contributed by atoms with E-state index < -0.39 is 5.60 Å². The zero-order valence-electron chi connectivity index (χ0n) is 14.9. The first-order valence-corrected chi connectivity index (χ1v) is 9.25. The fourth-order valence-electron chi connectivity index (χ4n) is 2.87. The topological polar surface area (TPSA) is 45.7 Å². The third kappa shape index (κ3) is 5.18. The first-order chi connectivity index (χ1) is 10.8. The Morgan fingerprint density at radius 1 is 1.52 bits per heavy atom. The van der Waals surface area contributed by atoms with Gasteiger partial charge in [-0.05, 0) is 54.0 Å². The molecule has 0 radical (unpaired) electrons. The lowest BCUT2D eigenvalue weighted by Gasteiger charge is -2.39. The first kappa shape index (κ1) is 18.2. The second-order valence-electron chi connectivity index (χ2n) is 7.31. The third-order valence-corrected chi connectivity index (χ3v) is 5.17. The molecule has 0 aliphatic carbocycles. The molecule has 1 aromatic heterocycles. The second kappa shape index (κ2) is 7.62. The van der Waals surface area contributed by atoms with E-state index in [9.17, 15) is 4.79 Å². The number of rotatable bonds is 4. The standard InChI is InChI=1S/C17H29N3O2S/c1-13(15-18-9-11-23-15)19(5)12-14-8-6-7-10-20(14)16(21)22-17(2,3)4/h9,11,13-14H,6-8,10,12H2,1-5H3/t13-,14+/m0/s1. The van der Waals surface area contributed by atoms with Gasteiger partial charge in [0.15, 0.2) is 0 Å². The van der Waals surface area contributed by atoms with Crippen LogP contribution in [0.25, 0.3) is 0 Å². The molecule has 1 aliphatic rings. The predicted molar refractivity (Wildman–Crippen MR) is 93.7 cm³/mol. The highest BCUT2D eigenvalue weighted by molar-refractivity contribution is 7.09. The van der Waals surface area contributed by atoms with Crippen molar-refractivity contribution in [3.05, 3.63) is 16.6 Å². The Bertz CT molecular complexity index is 498. The monoisotopic (exact) mass is 339 g/mol. The molecule has 1 saturated heterocycles. The minimum atomic E-state index is -0.445. The molecular formula is C17H29N3O2S. The molecule has 0 N–H and O–H groups in total. The van der Waals surface area contributed by atoms with Crippen molar-refractivity contribution in [1.82, 2.24) is 14.8 Å². The van der Waals surface area contributed by atoms with Crippen molar-refractivity contribution in [3.63, 3.8) is 0 Å². The van der Waals surface area contributed by atoms with Crippen molar-refractivity contribution in [2.75, 3.05) is 20.1 Å². The molecule has 1 aliphatic heterocycles. The molecule has 0 bridgehead atoms. The van der Waals surface area contributed by atoms with Crippen molar-refractivity contribution >= 4 is 17.4 Å². The molecule has 0 unspecified atom stereocenters. The molecule has 1 aromatic rings. The Balaban J connectivity index is 1.99. The summed E-state index contributed by atoms with van der Waals surface area (Å²) in [5, 5.41) is 3.12. The lowest BCUT2D eigenvalue weighted by Crippen LogP contribution is -2.50. The number of aromatic nitrogens is 1. The van der Waals surface area contributed by atoms with E-state index in [1.165, 1.54) is 6.42 Å². The van der Waals surface area contributed by atoms with E-state index in [1.807, 2.05) is 37.2 Å². The van der Waals surface area contributed by atoms with Gasteiger partial charge in [-0.1, -0.05) is 0 Å². The number of hydrogen-bond donors (Lipinski definition) is 0. The van der Waals surface area contributed by atoms with Crippen LogP contribution in [0.5, 0.6) is 0 Å². The zero-order valence-corrected chi connectivity index (χ0v) is 15.7. The number of likely N-dealkylation sites (tertiary alicyclic amines) is 1. The normalized spacial score (nSPS) is 20.6. The minimum Gasteiger partial charge on any atom is -0.444 e. The second-order valence-corrected chi connectivity index (χ2v) is 8.24. The number of piperidine rings is 1. The van der Waals surface area contributed by atoms with E-state index in [1.54, 1.807) is 11.3 Å². The van der Waals surface area contributed by atoms with Crippen LogP contribution in [-0.4, -0.2) is 52.7 Å². The van der Waals surface area contributed by atoms with Crippen LogP contribution in [0.4, 0.5) is 4.79 Å². The smallest absolute Gasteiger partial charge is 0.410 e. The molecule has 0 aromatic carbocycles. The lowest BCUT2D eigenvalue weighted by molar-refractivity contribution is 0.00465. The SMILES string of the molecule is C[C@@H](c1nccs1)N(C)C[C@H]1CCCCN1C(=O)OC(C)(C)C. The molecule has 130 valence electrons. The Kier molecular flexibility index (Phi) is 6.03. The van der Waals surface area contributed by atoms with Gasteiger partial charge in [-0.25, -0.2) is 9.78 Å². The van der Waals surface area contributed by atoms with Crippen LogP contribution in [0.15, 0.2) is 11.6 Å². The maximum Gasteiger partial charge on any atom is 0.410 e. The van der Waals surface area contributed by atoms with Crippen molar-refractivity contribution < 1.29 is 9.53 Å². The molecule has 2 heterocycles. The van der Waals surface area contributed by atoms with Crippen molar-refractivity contribution in [1.29, 1.82) is 0 Å². The van der Waals surface area contributed by atoms with E-state index in [2.05, 4.69) is 23.9 Å². The lowest BCUT2D eigenvalue weighted by atomic mass is 10.0. The minimum absolute atomic E-state index is 0.183. The van der Waals surface area contributed by atoms with Gasteiger partial charge in [0.2, 0.25) is 0 Å². The van der Waals surface area contributed by atoms with E-state index in [0.29, 0.717) is 0 Å². The molecule has 23 heavy (non-hydrogen) atoms. The first-order valence-electron chi connectivity index (χ1n) is 8.37. The van der Waals surface area contributed by atoms with Crippen LogP contribution in [-0.2, 0) is 4.74 Å². The number of carbonyl (C=O) groups excluding carboxylic acids is 1. The summed E-state index contributed by atoms with van der Waals surface area (Å²) in [5.41, 5.74) is -0.445. The maximum atomic E-state index is 12.5. The molecule has 0 saturated carbocycles. The summed E-state index contributed by atoms with van der Waals surface area (Å²) >= 11 is 1.68. The van der Waals surface area contributed by atoms with E-state index in [0.717, 1.165) is 30.9 Å². The number of likely N-dealkylation sites (N-methyl/N-ethyl adjacent to an activating group) is 1. The van der Waals surface area contributed by atoms with Gasteiger partial charge in [-0.15, -0.1) is 11.3 Å². The summed E-state index contributed by atoms with van der Waals surface area (Å²) in [6.45, 7) is 9.56. The molecular weight excluding hydrogens is 310 g/mol. The van der Waals surface area contributed by atoms with E-state index >= 15 is 0 Å². The largest absolute Gasteiger partial charge is 0.444 e. The van der Waals surface area contributed by atoms with Crippen LogP contribution in [0.1, 0.15) is 58.0 Å². The van der Waals surface area contributed by atoms with Crippen LogP contribution >= 0.6 is 11.3 Å².